The average Bonchev–Trinajstić information content (AvgIpc) is 2.70. The molecule has 1 N–H and O–H groups in total. The summed E-state index contributed by atoms with van der Waals surface area (Å²) >= 11 is 5.94. The molecule has 0 fully saturated rings. The predicted molar refractivity (Wildman–Crippen MR) is 106 cm³/mol. The first-order chi connectivity index (χ1) is 13.4. The second-order valence-corrected chi connectivity index (χ2v) is 6.25. The molecule has 1 atom stereocenters. The Morgan fingerprint density at radius 3 is 2.43 bits per heavy atom. The van der Waals surface area contributed by atoms with Gasteiger partial charge >= 0.3 is 5.97 Å². The van der Waals surface area contributed by atoms with E-state index in [0.717, 1.165) is 5.56 Å². The maximum atomic E-state index is 12.1. The quantitative estimate of drug-likeness (QED) is 0.417. The lowest BCUT2D eigenvalue weighted by molar-refractivity contribution is -0.145. The molecule has 2 aromatic carbocycles. The van der Waals surface area contributed by atoms with E-state index in [2.05, 4.69) is 5.32 Å². The van der Waals surface area contributed by atoms with Gasteiger partial charge in [-0.05, 0) is 42.8 Å². The van der Waals surface area contributed by atoms with E-state index < -0.39 is 30.3 Å². The number of carbonyl (C=O) groups is 3. The van der Waals surface area contributed by atoms with Gasteiger partial charge in [0.2, 0.25) is 11.7 Å². The SMILES string of the molecule is COc1ccc(/C=C/C(=O)N[C@@H](C)C(=O)OCC(=O)c2ccccc2Cl)cc1. The van der Waals surface area contributed by atoms with Gasteiger partial charge in [0, 0.05) is 11.6 Å². The highest BCUT2D eigenvalue weighted by Crippen LogP contribution is 2.15. The Hall–Kier alpha value is -3.12. The van der Waals surface area contributed by atoms with Crippen LogP contribution >= 0.6 is 11.6 Å². The molecule has 0 aliphatic heterocycles. The van der Waals surface area contributed by atoms with Crippen molar-refractivity contribution in [3.8, 4) is 5.75 Å². The number of esters is 1. The van der Waals surface area contributed by atoms with Crippen LogP contribution in [0.4, 0.5) is 0 Å². The Labute approximate surface area is 168 Å². The highest BCUT2D eigenvalue weighted by Gasteiger charge is 2.18. The standard InChI is InChI=1S/C21H20ClNO5/c1-14(21(26)28-13-19(24)17-5-3-4-6-18(17)22)23-20(25)12-9-15-7-10-16(27-2)11-8-15/h3-12,14H,13H2,1-2H3,(H,23,25)/b12-9+/t14-/m0/s1. The molecule has 2 rings (SSSR count). The molecule has 0 aliphatic rings. The lowest BCUT2D eigenvalue weighted by atomic mass is 10.1. The van der Waals surface area contributed by atoms with Crippen LogP contribution in [0.15, 0.2) is 54.6 Å². The molecule has 2 aromatic rings. The Morgan fingerprint density at radius 2 is 1.79 bits per heavy atom. The minimum Gasteiger partial charge on any atom is -0.497 e. The fourth-order valence-electron chi connectivity index (χ4n) is 2.23. The van der Waals surface area contributed by atoms with Gasteiger partial charge in [-0.25, -0.2) is 4.79 Å². The van der Waals surface area contributed by atoms with Crippen molar-refractivity contribution in [2.75, 3.05) is 13.7 Å². The first kappa shape index (κ1) is 21.2. The molecule has 146 valence electrons. The molecule has 0 aromatic heterocycles. The second-order valence-electron chi connectivity index (χ2n) is 5.85. The van der Waals surface area contributed by atoms with Crippen LogP contribution in [0.25, 0.3) is 6.08 Å². The van der Waals surface area contributed by atoms with Crippen molar-refractivity contribution in [1.29, 1.82) is 0 Å². The first-order valence-corrected chi connectivity index (χ1v) is 8.85. The summed E-state index contributed by atoms with van der Waals surface area (Å²) in [5, 5.41) is 2.77. The minimum atomic E-state index is -0.910. The number of rotatable bonds is 8. The lowest BCUT2D eigenvalue weighted by Gasteiger charge is -2.12. The number of carbonyl (C=O) groups excluding carboxylic acids is 3. The molecule has 0 saturated carbocycles. The first-order valence-electron chi connectivity index (χ1n) is 8.47. The van der Waals surface area contributed by atoms with Crippen LogP contribution in [0.3, 0.4) is 0 Å². The summed E-state index contributed by atoms with van der Waals surface area (Å²) in [6, 6.07) is 12.7. The third-order valence-electron chi connectivity index (χ3n) is 3.78. The van der Waals surface area contributed by atoms with Crippen molar-refractivity contribution in [2.24, 2.45) is 0 Å². The Kier molecular flexibility index (Phi) is 7.77. The van der Waals surface area contributed by atoms with Crippen LogP contribution in [-0.4, -0.2) is 37.4 Å². The van der Waals surface area contributed by atoms with E-state index in [1.165, 1.54) is 13.0 Å². The monoisotopic (exact) mass is 401 g/mol. The van der Waals surface area contributed by atoms with Crippen molar-refractivity contribution in [3.63, 3.8) is 0 Å². The number of Topliss-reactive ketones (excluding diaryl/α,β-unsaturated/α-hetero) is 1. The van der Waals surface area contributed by atoms with Crippen molar-refractivity contribution in [2.45, 2.75) is 13.0 Å². The molecular formula is C21H20ClNO5. The van der Waals surface area contributed by atoms with E-state index in [1.807, 2.05) is 0 Å². The summed E-state index contributed by atoms with van der Waals surface area (Å²) in [6.45, 7) is 1.02. The van der Waals surface area contributed by atoms with Crippen LogP contribution in [0.5, 0.6) is 5.75 Å². The third-order valence-corrected chi connectivity index (χ3v) is 4.10. The molecule has 0 aliphatic carbocycles. The summed E-state index contributed by atoms with van der Waals surface area (Å²) < 4.78 is 10.0. The molecule has 6 nitrogen and oxygen atoms in total. The molecule has 7 heteroatoms. The smallest absolute Gasteiger partial charge is 0.328 e. The largest absolute Gasteiger partial charge is 0.497 e. The number of hydrogen-bond donors (Lipinski definition) is 1. The van der Waals surface area contributed by atoms with Gasteiger partial charge in [-0.1, -0.05) is 35.9 Å². The van der Waals surface area contributed by atoms with E-state index in [4.69, 9.17) is 21.1 Å². The zero-order valence-corrected chi connectivity index (χ0v) is 16.2. The molecule has 1 amide bonds. The lowest BCUT2D eigenvalue weighted by Crippen LogP contribution is -2.39. The van der Waals surface area contributed by atoms with E-state index in [0.29, 0.717) is 5.75 Å². The minimum absolute atomic E-state index is 0.274. The van der Waals surface area contributed by atoms with Crippen LogP contribution in [0.2, 0.25) is 5.02 Å². The van der Waals surface area contributed by atoms with Gasteiger partial charge in [-0.15, -0.1) is 0 Å². The highest BCUT2D eigenvalue weighted by molar-refractivity contribution is 6.34. The van der Waals surface area contributed by atoms with Crippen LogP contribution < -0.4 is 10.1 Å². The average molecular weight is 402 g/mol. The highest BCUT2D eigenvalue weighted by atomic mass is 35.5. The van der Waals surface area contributed by atoms with Crippen molar-refractivity contribution in [3.05, 3.63) is 70.8 Å². The van der Waals surface area contributed by atoms with Crippen molar-refractivity contribution in [1.82, 2.24) is 5.32 Å². The maximum absolute atomic E-state index is 12.1. The van der Waals surface area contributed by atoms with Crippen LogP contribution in [0, 0.1) is 0 Å². The number of hydrogen-bond acceptors (Lipinski definition) is 5. The van der Waals surface area contributed by atoms with Gasteiger partial charge in [0.05, 0.1) is 12.1 Å². The Balaban J connectivity index is 1.82. The van der Waals surface area contributed by atoms with Crippen molar-refractivity contribution < 1.29 is 23.9 Å². The van der Waals surface area contributed by atoms with Gasteiger partial charge in [0.15, 0.2) is 6.61 Å². The van der Waals surface area contributed by atoms with Gasteiger partial charge in [-0.2, -0.15) is 0 Å². The van der Waals surface area contributed by atoms with E-state index in [-0.39, 0.29) is 10.6 Å². The molecule has 0 spiro atoms. The van der Waals surface area contributed by atoms with Crippen LogP contribution in [0.1, 0.15) is 22.8 Å². The third kappa shape index (κ3) is 6.25. The molecule has 28 heavy (non-hydrogen) atoms. The molecule has 0 unspecified atom stereocenters. The van der Waals surface area contributed by atoms with Gasteiger partial charge < -0.3 is 14.8 Å². The molecule has 0 saturated heterocycles. The summed E-state index contributed by atoms with van der Waals surface area (Å²) in [6.07, 6.45) is 2.91. The summed E-state index contributed by atoms with van der Waals surface area (Å²) in [5.74, 6) is -0.884. The van der Waals surface area contributed by atoms with Gasteiger partial charge in [0.25, 0.3) is 0 Å². The fraction of sp³-hybridized carbons (Fsp3) is 0.190. The number of ether oxygens (including phenoxy) is 2. The number of ketones is 1. The maximum Gasteiger partial charge on any atom is 0.328 e. The summed E-state index contributed by atoms with van der Waals surface area (Å²) in [5.41, 5.74) is 1.08. The van der Waals surface area contributed by atoms with Crippen LogP contribution in [-0.2, 0) is 14.3 Å². The summed E-state index contributed by atoms with van der Waals surface area (Å²) in [4.78, 5) is 36.0. The number of benzene rings is 2. The Bertz CT molecular complexity index is 877. The fourth-order valence-corrected chi connectivity index (χ4v) is 2.48. The predicted octanol–water partition coefficient (Wildman–Crippen LogP) is 3.29. The zero-order valence-electron chi connectivity index (χ0n) is 15.5. The van der Waals surface area contributed by atoms with E-state index in [9.17, 15) is 14.4 Å². The number of halogens is 1. The number of nitrogens with one attached hydrogen (secondary N) is 1. The number of methoxy groups -OCH3 is 1. The summed E-state index contributed by atoms with van der Waals surface area (Å²) in [7, 11) is 1.57. The topological polar surface area (TPSA) is 81.7 Å². The second kappa shape index (κ2) is 10.3. The van der Waals surface area contributed by atoms with E-state index in [1.54, 1.807) is 61.7 Å². The van der Waals surface area contributed by atoms with E-state index >= 15 is 0 Å². The number of amides is 1. The van der Waals surface area contributed by atoms with Gasteiger partial charge in [0.1, 0.15) is 11.8 Å². The zero-order chi connectivity index (χ0) is 20.5. The Morgan fingerprint density at radius 1 is 1.11 bits per heavy atom. The molecular weight excluding hydrogens is 382 g/mol. The van der Waals surface area contributed by atoms with Gasteiger partial charge in [-0.3, -0.25) is 9.59 Å². The molecule has 0 bridgehead atoms. The molecule has 0 heterocycles. The van der Waals surface area contributed by atoms with Crippen molar-refractivity contribution >= 4 is 35.3 Å². The molecule has 0 radical (unpaired) electrons. The normalized spacial score (nSPS) is 11.7.